The van der Waals surface area contributed by atoms with Gasteiger partial charge < -0.3 is 10.0 Å². The van der Waals surface area contributed by atoms with Crippen molar-refractivity contribution in [2.45, 2.75) is 32.2 Å². The lowest BCUT2D eigenvalue weighted by atomic mass is 10.1. The smallest absolute Gasteiger partial charge is 0.339 e. The van der Waals surface area contributed by atoms with Gasteiger partial charge in [-0.3, -0.25) is 0 Å². The molecule has 86 valence electrons. The third-order valence-corrected chi connectivity index (χ3v) is 3.14. The zero-order valence-corrected chi connectivity index (χ0v) is 9.39. The molecule has 0 saturated carbocycles. The number of carboxylic acid groups (broad SMARTS) is 1. The average Bonchev–Trinajstić information content (AvgIpc) is 2.76. The van der Waals surface area contributed by atoms with Crippen LogP contribution < -0.4 is 4.90 Å². The Hall–Kier alpha value is -1.58. The number of carbonyl (C=O) groups is 1. The number of aromatic carboxylic acids is 1. The Morgan fingerprint density at radius 1 is 1.69 bits per heavy atom. The molecule has 4 nitrogen and oxygen atoms in total. The molecule has 1 saturated heterocycles. The van der Waals surface area contributed by atoms with E-state index in [1.807, 2.05) is 0 Å². The van der Waals surface area contributed by atoms with Crippen molar-refractivity contribution in [2.75, 3.05) is 11.4 Å². The summed E-state index contributed by atoms with van der Waals surface area (Å²) < 4.78 is 0. The van der Waals surface area contributed by atoms with Gasteiger partial charge in [0.1, 0.15) is 11.4 Å². The highest BCUT2D eigenvalue weighted by molar-refractivity contribution is 5.93. The molecule has 1 unspecified atom stereocenters. The van der Waals surface area contributed by atoms with Crippen molar-refractivity contribution in [1.82, 2.24) is 4.98 Å². The van der Waals surface area contributed by atoms with E-state index in [1.54, 1.807) is 18.3 Å². The molecule has 1 aliphatic heterocycles. The van der Waals surface area contributed by atoms with Gasteiger partial charge in [0.2, 0.25) is 0 Å². The topological polar surface area (TPSA) is 53.4 Å². The highest BCUT2D eigenvalue weighted by atomic mass is 16.4. The van der Waals surface area contributed by atoms with E-state index in [-0.39, 0.29) is 0 Å². The minimum absolute atomic E-state index is 0.308. The van der Waals surface area contributed by atoms with Gasteiger partial charge in [-0.25, -0.2) is 9.78 Å². The van der Waals surface area contributed by atoms with Crippen molar-refractivity contribution in [3.05, 3.63) is 23.9 Å². The molecule has 1 aliphatic rings. The average molecular weight is 220 g/mol. The lowest BCUT2D eigenvalue weighted by Gasteiger charge is -2.25. The molecule has 0 radical (unpaired) electrons. The molecular weight excluding hydrogens is 204 g/mol. The van der Waals surface area contributed by atoms with Gasteiger partial charge >= 0.3 is 5.97 Å². The Kier molecular flexibility index (Phi) is 3.08. The first-order valence-electron chi connectivity index (χ1n) is 5.69. The third kappa shape index (κ3) is 1.87. The lowest BCUT2D eigenvalue weighted by Crippen LogP contribution is -2.30. The maximum atomic E-state index is 11.1. The highest BCUT2D eigenvalue weighted by Gasteiger charge is 2.27. The molecule has 0 aromatic carbocycles. The van der Waals surface area contributed by atoms with Gasteiger partial charge in [0.05, 0.1) is 0 Å². The Morgan fingerprint density at radius 3 is 3.19 bits per heavy atom. The number of hydrogen-bond acceptors (Lipinski definition) is 3. The van der Waals surface area contributed by atoms with Crippen LogP contribution in [0.15, 0.2) is 18.3 Å². The van der Waals surface area contributed by atoms with Crippen molar-refractivity contribution >= 4 is 11.8 Å². The van der Waals surface area contributed by atoms with Gasteiger partial charge in [-0.1, -0.05) is 6.92 Å². The second kappa shape index (κ2) is 4.51. The van der Waals surface area contributed by atoms with E-state index in [0.717, 1.165) is 25.8 Å². The summed E-state index contributed by atoms with van der Waals surface area (Å²) in [6.45, 7) is 3.04. The van der Waals surface area contributed by atoms with Crippen LogP contribution in [0.5, 0.6) is 0 Å². The fraction of sp³-hybridized carbons (Fsp3) is 0.500. The van der Waals surface area contributed by atoms with Gasteiger partial charge in [0.15, 0.2) is 0 Å². The predicted molar refractivity (Wildman–Crippen MR) is 61.9 cm³/mol. The number of pyridine rings is 1. The predicted octanol–water partition coefficient (Wildman–Crippen LogP) is 2.16. The summed E-state index contributed by atoms with van der Waals surface area (Å²) in [7, 11) is 0. The molecule has 1 aromatic rings. The van der Waals surface area contributed by atoms with Crippen LogP contribution in [0.1, 0.15) is 36.5 Å². The molecule has 2 heterocycles. The van der Waals surface area contributed by atoms with E-state index in [1.165, 1.54) is 0 Å². The molecule has 4 heteroatoms. The molecule has 0 bridgehead atoms. The standard InChI is InChI=1S/C12H16N2O2/c1-2-9-5-4-8-14(9)11-10(12(15)16)6-3-7-13-11/h3,6-7,9H,2,4-5,8H2,1H3,(H,15,16). The number of aromatic nitrogens is 1. The SMILES string of the molecule is CCC1CCCN1c1ncccc1C(=O)O. The quantitative estimate of drug-likeness (QED) is 0.848. The van der Waals surface area contributed by atoms with Gasteiger partial charge in [-0.2, -0.15) is 0 Å². The van der Waals surface area contributed by atoms with Crippen molar-refractivity contribution in [3.8, 4) is 0 Å². The second-order valence-electron chi connectivity index (χ2n) is 4.08. The summed E-state index contributed by atoms with van der Waals surface area (Å²) in [5.41, 5.74) is 0.308. The molecule has 1 atom stereocenters. The summed E-state index contributed by atoms with van der Waals surface area (Å²) in [4.78, 5) is 17.5. The van der Waals surface area contributed by atoms with Gasteiger partial charge in [-0.15, -0.1) is 0 Å². The number of hydrogen-bond donors (Lipinski definition) is 1. The summed E-state index contributed by atoms with van der Waals surface area (Å²) in [5.74, 6) is -0.274. The first-order valence-corrected chi connectivity index (χ1v) is 5.69. The Morgan fingerprint density at radius 2 is 2.50 bits per heavy atom. The van der Waals surface area contributed by atoms with E-state index in [2.05, 4.69) is 16.8 Å². The zero-order valence-electron chi connectivity index (χ0n) is 9.39. The largest absolute Gasteiger partial charge is 0.478 e. The van der Waals surface area contributed by atoms with Crippen molar-refractivity contribution in [1.29, 1.82) is 0 Å². The van der Waals surface area contributed by atoms with E-state index < -0.39 is 5.97 Å². The van der Waals surface area contributed by atoms with Crippen LogP contribution in [0, 0.1) is 0 Å². The molecule has 0 aliphatic carbocycles. The van der Waals surface area contributed by atoms with Crippen LogP contribution >= 0.6 is 0 Å². The van der Waals surface area contributed by atoms with E-state index >= 15 is 0 Å². The first-order chi connectivity index (χ1) is 7.74. The molecule has 1 N–H and O–H groups in total. The van der Waals surface area contributed by atoms with E-state index in [0.29, 0.717) is 17.4 Å². The minimum atomic E-state index is -0.898. The Labute approximate surface area is 94.9 Å². The second-order valence-corrected chi connectivity index (χ2v) is 4.08. The Bertz CT molecular complexity index is 392. The summed E-state index contributed by atoms with van der Waals surface area (Å²) in [6, 6.07) is 3.73. The van der Waals surface area contributed by atoms with Crippen LogP contribution in [0.2, 0.25) is 0 Å². The number of anilines is 1. The minimum Gasteiger partial charge on any atom is -0.478 e. The van der Waals surface area contributed by atoms with E-state index in [9.17, 15) is 4.79 Å². The normalized spacial score (nSPS) is 20.1. The van der Waals surface area contributed by atoms with Crippen LogP contribution in [0.3, 0.4) is 0 Å². The first kappa shape index (κ1) is 10.9. The summed E-state index contributed by atoms with van der Waals surface area (Å²) in [6.07, 6.45) is 4.95. The lowest BCUT2D eigenvalue weighted by molar-refractivity contribution is 0.0697. The number of nitrogens with zero attached hydrogens (tertiary/aromatic N) is 2. The van der Waals surface area contributed by atoms with Gasteiger partial charge in [-0.05, 0) is 31.4 Å². The van der Waals surface area contributed by atoms with Crippen LogP contribution in [-0.4, -0.2) is 28.6 Å². The monoisotopic (exact) mass is 220 g/mol. The third-order valence-electron chi connectivity index (χ3n) is 3.14. The molecule has 1 fully saturated rings. The van der Waals surface area contributed by atoms with Crippen molar-refractivity contribution in [2.24, 2.45) is 0 Å². The summed E-state index contributed by atoms with van der Waals surface area (Å²) >= 11 is 0. The van der Waals surface area contributed by atoms with Crippen LogP contribution in [0.25, 0.3) is 0 Å². The van der Waals surface area contributed by atoms with Crippen molar-refractivity contribution in [3.63, 3.8) is 0 Å². The van der Waals surface area contributed by atoms with Gasteiger partial charge in [0, 0.05) is 18.8 Å². The molecule has 1 aromatic heterocycles. The fourth-order valence-electron chi connectivity index (χ4n) is 2.33. The number of rotatable bonds is 3. The maximum absolute atomic E-state index is 11.1. The van der Waals surface area contributed by atoms with Crippen molar-refractivity contribution < 1.29 is 9.90 Å². The van der Waals surface area contributed by atoms with Gasteiger partial charge in [0.25, 0.3) is 0 Å². The highest BCUT2D eigenvalue weighted by Crippen LogP contribution is 2.28. The number of carboxylic acids is 1. The fourth-order valence-corrected chi connectivity index (χ4v) is 2.33. The molecule has 16 heavy (non-hydrogen) atoms. The zero-order chi connectivity index (χ0) is 11.5. The van der Waals surface area contributed by atoms with E-state index in [4.69, 9.17) is 5.11 Å². The molecule has 2 rings (SSSR count). The molecule has 0 amide bonds. The summed E-state index contributed by atoms with van der Waals surface area (Å²) in [5, 5.41) is 9.12. The van der Waals surface area contributed by atoms with Crippen LogP contribution in [0.4, 0.5) is 5.82 Å². The van der Waals surface area contributed by atoms with Crippen LogP contribution in [-0.2, 0) is 0 Å². The molecular formula is C12H16N2O2. The Balaban J connectivity index is 2.35. The maximum Gasteiger partial charge on any atom is 0.339 e. The molecule has 0 spiro atoms.